The lowest BCUT2D eigenvalue weighted by molar-refractivity contribution is 0.341. The minimum absolute atomic E-state index is 0.544. The maximum atomic E-state index is 5.75. The first-order valence-corrected chi connectivity index (χ1v) is 7.86. The van der Waals surface area contributed by atoms with Crippen LogP contribution in [0.5, 0.6) is 5.75 Å². The van der Waals surface area contributed by atoms with Gasteiger partial charge in [0.15, 0.2) is 0 Å². The van der Waals surface area contributed by atoms with Crippen LogP contribution in [-0.4, -0.2) is 12.4 Å². The van der Waals surface area contributed by atoms with Crippen molar-refractivity contribution < 1.29 is 4.74 Å². The van der Waals surface area contributed by atoms with Crippen LogP contribution in [0.4, 0.5) is 0 Å². The van der Waals surface area contributed by atoms with Crippen LogP contribution in [-0.2, 0) is 6.54 Å². The van der Waals surface area contributed by atoms with Crippen LogP contribution in [0.2, 0.25) is 0 Å². The Hall–Kier alpha value is -0.970. The summed E-state index contributed by atoms with van der Waals surface area (Å²) in [4.78, 5) is 1.27. The van der Waals surface area contributed by atoms with E-state index in [-0.39, 0.29) is 0 Å². The number of ether oxygens (including phenoxy) is 1. The van der Waals surface area contributed by atoms with Gasteiger partial charge in [-0.3, -0.25) is 0 Å². The minimum atomic E-state index is 0.544. The maximum Gasteiger partial charge on any atom is 0.133 e. The molecule has 0 saturated carbocycles. The third kappa shape index (κ3) is 4.56. The number of rotatable bonds is 6. The van der Waals surface area contributed by atoms with Gasteiger partial charge in [-0.1, -0.05) is 24.3 Å². The zero-order chi connectivity index (χ0) is 13.5. The Balaban J connectivity index is 1.80. The molecule has 0 amide bonds. The highest BCUT2D eigenvalue weighted by Crippen LogP contribution is 2.26. The first-order chi connectivity index (χ1) is 9.29. The molecule has 2 aromatic carbocycles. The largest absolute Gasteiger partial charge is 0.492 e. The van der Waals surface area contributed by atoms with E-state index in [1.807, 2.05) is 36.4 Å². The summed E-state index contributed by atoms with van der Waals surface area (Å²) in [6, 6.07) is 16.3. The van der Waals surface area contributed by atoms with Gasteiger partial charge in [0.05, 0.1) is 11.1 Å². The highest BCUT2D eigenvalue weighted by molar-refractivity contribution is 9.10. The van der Waals surface area contributed by atoms with Crippen molar-refractivity contribution in [1.29, 1.82) is 0 Å². The van der Waals surface area contributed by atoms with E-state index in [1.165, 1.54) is 4.90 Å². The van der Waals surface area contributed by atoms with Crippen molar-refractivity contribution in [3.63, 3.8) is 0 Å². The Labute approximate surface area is 126 Å². The van der Waals surface area contributed by atoms with Crippen molar-refractivity contribution >= 4 is 27.7 Å². The highest BCUT2D eigenvalue weighted by Gasteiger charge is 2.02. The normalized spacial score (nSPS) is 10.4. The Morgan fingerprint density at radius 3 is 2.58 bits per heavy atom. The molecule has 0 radical (unpaired) electrons. The smallest absolute Gasteiger partial charge is 0.133 e. The van der Waals surface area contributed by atoms with Crippen LogP contribution in [0.1, 0.15) is 5.56 Å². The minimum Gasteiger partial charge on any atom is -0.492 e. The predicted molar refractivity (Wildman–Crippen MR) is 84.7 cm³/mol. The van der Waals surface area contributed by atoms with Crippen molar-refractivity contribution in [3.8, 4) is 5.75 Å². The quantitative estimate of drug-likeness (QED) is 0.637. The fourth-order valence-corrected chi connectivity index (χ4v) is 2.91. The second-order valence-electron chi connectivity index (χ2n) is 3.98. The standard InChI is InChI=1S/C15H16BrNOS/c16-14-10-12(11-17)6-7-15(14)18-8-9-19-13-4-2-1-3-5-13/h1-7,10H,8-9,11,17H2. The third-order valence-electron chi connectivity index (χ3n) is 2.58. The van der Waals surface area contributed by atoms with Crippen molar-refractivity contribution in [2.24, 2.45) is 5.73 Å². The molecule has 0 bridgehead atoms. The van der Waals surface area contributed by atoms with Gasteiger partial charge >= 0.3 is 0 Å². The van der Waals surface area contributed by atoms with Crippen LogP contribution in [0.25, 0.3) is 0 Å². The van der Waals surface area contributed by atoms with Gasteiger partial charge in [-0.25, -0.2) is 0 Å². The van der Waals surface area contributed by atoms with Crippen molar-refractivity contribution in [2.45, 2.75) is 11.4 Å². The summed E-state index contributed by atoms with van der Waals surface area (Å²) in [7, 11) is 0. The van der Waals surface area contributed by atoms with E-state index in [9.17, 15) is 0 Å². The fraction of sp³-hybridized carbons (Fsp3) is 0.200. The molecule has 2 N–H and O–H groups in total. The molecule has 0 aromatic heterocycles. The summed E-state index contributed by atoms with van der Waals surface area (Å²) in [5.74, 6) is 1.79. The molecule has 4 heteroatoms. The van der Waals surface area contributed by atoms with Gasteiger partial charge in [0.25, 0.3) is 0 Å². The molecule has 0 saturated heterocycles. The molecule has 0 aliphatic heterocycles. The van der Waals surface area contributed by atoms with Crippen molar-refractivity contribution in [2.75, 3.05) is 12.4 Å². The van der Waals surface area contributed by atoms with E-state index in [0.29, 0.717) is 13.2 Å². The molecule has 0 fully saturated rings. The van der Waals surface area contributed by atoms with Crippen LogP contribution < -0.4 is 10.5 Å². The molecule has 0 aliphatic rings. The van der Waals surface area contributed by atoms with Gasteiger partial charge in [-0.15, -0.1) is 11.8 Å². The number of halogens is 1. The maximum absolute atomic E-state index is 5.75. The van der Waals surface area contributed by atoms with Gasteiger partial charge in [0, 0.05) is 17.2 Å². The molecule has 0 aliphatic carbocycles. The van der Waals surface area contributed by atoms with Gasteiger partial charge in [-0.2, -0.15) is 0 Å². The Kier molecular flexibility index (Phi) is 5.76. The molecule has 0 spiro atoms. The molecular formula is C15H16BrNOS. The summed E-state index contributed by atoms with van der Waals surface area (Å²) < 4.78 is 6.71. The van der Waals surface area contributed by atoms with Gasteiger partial charge < -0.3 is 10.5 Å². The number of benzene rings is 2. The second kappa shape index (κ2) is 7.58. The topological polar surface area (TPSA) is 35.2 Å². The van der Waals surface area contributed by atoms with E-state index in [1.54, 1.807) is 11.8 Å². The summed E-state index contributed by atoms with van der Waals surface area (Å²) in [6.45, 7) is 1.23. The van der Waals surface area contributed by atoms with Crippen LogP contribution in [0.15, 0.2) is 57.9 Å². The highest BCUT2D eigenvalue weighted by atomic mass is 79.9. The van der Waals surface area contributed by atoms with Crippen LogP contribution in [0, 0.1) is 0 Å². The lowest BCUT2D eigenvalue weighted by Crippen LogP contribution is -2.02. The van der Waals surface area contributed by atoms with Crippen molar-refractivity contribution in [3.05, 3.63) is 58.6 Å². The molecule has 19 heavy (non-hydrogen) atoms. The summed E-state index contributed by atoms with van der Waals surface area (Å²) in [5.41, 5.74) is 6.69. The Morgan fingerprint density at radius 1 is 1.11 bits per heavy atom. The summed E-state index contributed by atoms with van der Waals surface area (Å²) in [6.07, 6.45) is 0. The molecular weight excluding hydrogens is 322 g/mol. The zero-order valence-electron chi connectivity index (χ0n) is 10.5. The zero-order valence-corrected chi connectivity index (χ0v) is 12.9. The Morgan fingerprint density at radius 2 is 1.89 bits per heavy atom. The second-order valence-corrected chi connectivity index (χ2v) is 6.00. The number of hydrogen-bond acceptors (Lipinski definition) is 3. The van der Waals surface area contributed by atoms with Crippen molar-refractivity contribution in [1.82, 2.24) is 0 Å². The number of hydrogen-bond donors (Lipinski definition) is 1. The average Bonchev–Trinajstić information content (AvgIpc) is 2.46. The van der Waals surface area contributed by atoms with E-state index >= 15 is 0 Å². The molecule has 2 nitrogen and oxygen atoms in total. The summed E-state index contributed by atoms with van der Waals surface area (Å²) >= 11 is 5.29. The van der Waals surface area contributed by atoms with Gasteiger partial charge in [0.2, 0.25) is 0 Å². The number of thioether (sulfide) groups is 1. The monoisotopic (exact) mass is 337 g/mol. The van der Waals surface area contributed by atoms with E-state index in [2.05, 4.69) is 28.1 Å². The Bertz CT molecular complexity index is 519. The van der Waals surface area contributed by atoms with Crippen LogP contribution >= 0.6 is 27.7 Å². The fourth-order valence-electron chi connectivity index (χ4n) is 1.62. The molecule has 2 aromatic rings. The predicted octanol–water partition coefficient (Wildman–Crippen LogP) is 4.08. The number of nitrogens with two attached hydrogens (primary N) is 1. The van der Waals surface area contributed by atoms with Gasteiger partial charge in [0.1, 0.15) is 5.75 Å². The van der Waals surface area contributed by atoms with E-state index in [4.69, 9.17) is 10.5 Å². The molecule has 0 heterocycles. The third-order valence-corrected chi connectivity index (χ3v) is 4.18. The van der Waals surface area contributed by atoms with Crippen LogP contribution in [0.3, 0.4) is 0 Å². The molecule has 0 unspecified atom stereocenters. The van der Waals surface area contributed by atoms with E-state index < -0.39 is 0 Å². The van der Waals surface area contributed by atoms with E-state index in [0.717, 1.165) is 21.5 Å². The SMILES string of the molecule is NCc1ccc(OCCSc2ccccc2)c(Br)c1. The lowest BCUT2D eigenvalue weighted by Gasteiger charge is -2.09. The molecule has 0 atom stereocenters. The first kappa shape index (κ1) is 14.4. The average molecular weight is 338 g/mol. The molecule has 100 valence electrons. The van der Waals surface area contributed by atoms with Gasteiger partial charge in [-0.05, 0) is 45.8 Å². The summed E-state index contributed by atoms with van der Waals surface area (Å²) in [5, 5.41) is 0. The molecule has 2 rings (SSSR count). The lowest BCUT2D eigenvalue weighted by atomic mass is 10.2. The first-order valence-electron chi connectivity index (χ1n) is 6.09.